The standard InChI is InChI=1S/C15H17N3O4/c19-10-13(14(20)17-18-8-4-5-9-18)16-15(21)22-11-12-6-2-1-3-7-12/h1-9,13,19H,10-11H2,(H,16,21)(H,17,20). The van der Waals surface area contributed by atoms with Gasteiger partial charge in [-0.25, -0.2) is 4.79 Å². The molecule has 0 radical (unpaired) electrons. The largest absolute Gasteiger partial charge is 0.445 e. The number of alkyl carbamates (subject to hydrolysis) is 1. The third-order valence-corrected chi connectivity index (χ3v) is 2.85. The number of aliphatic hydroxyl groups is 1. The first-order valence-corrected chi connectivity index (χ1v) is 6.71. The summed E-state index contributed by atoms with van der Waals surface area (Å²) in [5.74, 6) is -0.546. The van der Waals surface area contributed by atoms with Gasteiger partial charge in [-0.3, -0.25) is 14.9 Å². The minimum absolute atomic E-state index is 0.0873. The molecule has 0 saturated heterocycles. The van der Waals surface area contributed by atoms with Crippen LogP contribution < -0.4 is 10.7 Å². The van der Waals surface area contributed by atoms with Crippen LogP contribution in [-0.2, 0) is 16.1 Å². The summed E-state index contributed by atoms with van der Waals surface area (Å²) in [6.07, 6.45) is 2.48. The summed E-state index contributed by atoms with van der Waals surface area (Å²) in [7, 11) is 0. The van der Waals surface area contributed by atoms with E-state index in [2.05, 4.69) is 10.7 Å². The van der Waals surface area contributed by atoms with Crippen molar-refractivity contribution >= 4 is 12.0 Å². The first-order valence-electron chi connectivity index (χ1n) is 6.71. The Morgan fingerprint density at radius 2 is 1.82 bits per heavy atom. The van der Waals surface area contributed by atoms with Gasteiger partial charge >= 0.3 is 6.09 Å². The number of nitrogens with zero attached hydrogens (tertiary/aromatic N) is 1. The summed E-state index contributed by atoms with van der Waals surface area (Å²) >= 11 is 0. The molecule has 0 aliphatic heterocycles. The molecule has 1 aromatic carbocycles. The number of benzene rings is 1. The van der Waals surface area contributed by atoms with E-state index < -0.39 is 24.6 Å². The van der Waals surface area contributed by atoms with Gasteiger partial charge in [0.2, 0.25) is 0 Å². The van der Waals surface area contributed by atoms with E-state index in [1.54, 1.807) is 24.5 Å². The number of carbonyl (C=O) groups excluding carboxylic acids is 2. The van der Waals surface area contributed by atoms with Gasteiger partial charge < -0.3 is 15.2 Å². The summed E-state index contributed by atoms with van der Waals surface area (Å²) in [6.45, 7) is -0.447. The molecule has 22 heavy (non-hydrogen) atoms. The van der Waals surface area contributed by atoms with E-state index >= 15 is 0 Å². The van der Waals surface area contributed by atoms with Gasteiger partial charge in [0.25, 0.3) is 5.91 Å². The molecule has 116 valence electrons. The molecule has 2 amide bonds. The van der Waals surface area contributed by atoms with E-state index in [1.165, 1.54) is 4.68 Å². The number of nitrogens with one attached hydrogen (secondary N) is 2. The zero-order valence-corrected chi connectivity index (χ0v) is 11.8. The molecule has 0 saturated carbocycles. The fourth-order valence-corrected chi connectivity index (χ4v) is 1.72. The number of amides is 2. The number of hydrogen-bond donors (Lipinski definition) is 3. The summed E-state index contributed by atoms with van der Waals surface area (Å²) in [5.41, 5.74) is 3.33. The molecule has 0 aliphatic carbocycles. The average Bonchev–Trinajstić information content (AvgIpc) is 3.04. The van der Waals surface area contributed by atoms with Crippen LogP contribution in [0.15, 0.2) is 54.9 Å². The van der Waals surface area contributed by atoms with E-state index in [-0.39, 0.29) is 6.61 Å². The third kappa shape index (κ3) is 4.64. The fourth-order valence-electron chi connectivity index (χ4n) is 1.72. The summed E-state index contributed by atoms with van der Waals surface area (Å²) in [4.78, 5) is 23.6. The van der Waals surface area contributed by atoms with Crippen molar-refractivity contribution in [2.75, 3.05) is 12.0 Å². The molecule has 2 rings (SSSR count). The molecule has 2 aromatic rings. The maximum atomic E-state index is 11.9. The monoisotopic (exact) mass is 303 g/mol. The van der Waals surface area contributed by atoms with E-state index in [0.717, 1.165) is 5.56 Å². The highest BCUT2D eigenvalue weighted by atomic mass is 16.5. The molecule has 7 heteroatoms. The quantitative estimate of drug-likeness (QED) is 0.737. The Morgan fingerprint density at radius 1 is 1.14 bits per heavy atom. The van der Waals surface area contributed by atoms with Crippen molar-refractivity contribution in [3.05, 3.63) is 60.4 Å². The molecule has 1 heterocycles. The van der Waals surface area contributed by atoms with Gasteiger partial charge in [-0.05, 0) is 17.7 Å². The van der Waals surface area contributed by atoms with Crippen LogP contribution in [-0.4, -0.2) is 34.4 Å². The van der Waals surface area contributed by atoms with Crippen molar-refractivity contribution in [3.63, 3.8) is 0 Å². The maximum absolute atomic E-state index is 11.9. The molecule has 1 atom stereocenters. The molecule has 1 unspecified atom stereocenters. The van der Waals surface area contributed by atoms with Crippen LogP contribution in [0.5, 0.6) is 0 Å². The number of carbonyl (C=O) groups is 2. The second-order valence-corrected chi connectivity index (χ2v) is 4.51. The minimum Gasteiger partial charge on any atom is -0.445 e. The maximum Gasteiger partial charge on any atom is 0.408 e. The Morgan fingerprint density at radius 3 is 2.45 bits per heavy atom. The van der Waals surface area contributed by atoms with Gasteiger partial charge in [0.15, 0.2) is 0 Å². The van der Waals surface area contributed by atoms with Crippen LogP contribution in [0.1, 0.15) is 5.56 Å². The Bertz CT molecular complexity index is 599. The van der Waals surface area contributed by atoms with E-state index in [1.807, 2.05) is 30.3 Å². The van der Waals surface area contributed by atoms with Crippen LogP contribution in [0, 0.1) is 0 Å². The Kier molecular flexibility index (Phi) is 5.56. The number of hydrogen-bond acceptors (Lipinski definition) is 4. The smallest absolute Gasteiger partial charge is 0.408 e. The first kappa shape index (κ1) is 15.6. The van der Waals surface area contributed by atoms with Gasteiger partial charge in [-0.2, -0.15) is 0 Å². The molecule has 0 spiro atoms. The van der Waals surface area contributed by atoms with E-state index in [0.29, 0.717) is 0 Å². The lowest BCUT2D eigenvalue weighted by Crippen LogP contribution is -2.47. The van der Waals surface area contributed by atoms with Crippen molar-refractivity contribution in [2.45, 2.75) is 12.6 Å². The summed E-state index contributed by atoms with van der Waals surface area (Å²) in [6, 6.07) is 11.5. The summed E-state index contributed by atoms with van der Waals surface area (Å²) < 4.78 is 6.42. The Balaban J connectivity index is 1.81. The van der Waals surface area contributed by atoms with Gasteiger partial charge in [-0.15, -0.1) is 0 Å². The fraction of sp³-hybridized carbons (Fsp3) is 0.200. The van der Waals surface area contributed by atoms with E-state index in [4.69, 9.17) is 4.74 Å². The van der Waals surface area contributed by atoms with Crippen LogP contribution in [0.2, 0.25) is 0 Å². The molecular formula is C15H17N3O4. The van der Waals surface area contributed by atoms with Gasteiger partial charge in [-0.1, -0.05) is 30.3 Å². The van der Waals surface area contributed by atoms with Crippen LogP contribution in [0.3, 0.4) is 0 Å². The molecule has 3 N–H and O–H groups in total. The molecule has 7 nitrogen and oxygen atoms in total. The summed E-state index contributed by atoms with van der Waals surface area (Å²) in [5, 5.41) is 11.5. The third-order valence-electron chi connectivity index (χ3n) is 2.85. The van der Waals surface area contributed by atoms with Crippen molar-refractivity contribution in [3.8, 4) is 0 Å². The Labute approximate surface area is 127 Å². The average molecular weight is 303 g/mol. The molecular weight excluding hydrogens is 286 g/mol. The van der Waals surface area contributed by atoms with Crippen molar-refractivity contribution < 1.29 is 19.4 Å². The lowest BCUT2D eigenvalue weighted by molar-refractivity contribution is -0.119. The molecule has 1 aromatic heterocycles. The Hall–Kier alpha value is -2.80. The molecule has 0 bridgehead atoms. The minimum atomic E-state index is -1.09. The predicted octanol–water partition coefficient (Wildman–Crippen LogP) is 0.845. The van der Waals surface area contributed by atoms with Crippen LogP contribution in [0.25, 0.3) is 0 Å². The number of rotatable bonds is 6. The highest BCUT2D eigenvalue weighted by Gasteiger charge is 2.20. The van der Waals surface area contributed by atoms with Crippen molar-refractivity contribution in [1.29, 1.82) is 0 Å². The topological polar surface area (TPSA) is 92.6 Å². The normalized spacial score (nSPS) is 11.5. The lowest BCUT2D eigenvalue weighted by Gasteiger charge is -2.16. The van der Waals surface area contributed by atoms with Crippen molar-refractivity contribution in [2.24, 2.45) is 0 Å². The van der Waals surface area contributed by atoms with Gasteiger partial charge in [0.05, 0.1) is 6.61 Å². The molecule has 0 aliphatic rings. The van der Waals surface area contributed by atoms with Gasteiger partial charge in [0, 0.05) is 12.4 Å². The number of aliphatic hydroxyl groups excluding tert-OH is 1. The van der Waals surface area contributed by atoms with E-state index in [9.17, 15) is 14.7 Å². The zero-order chi connectivity index (χ0) is 15.8. The number of ether oxygens (including phenoxy) is 1. The SMILES string of the molecule is O=C(NC(CO)C(=O)Nn1cccc1)OCc1ccccc1. The predicted molar refractivity (Wildman–Crippen MR) is 79.4 cm³/mol. The van der Waals surface area contributed by atoms with Gasteiger partial charge in [0.1, 0.15) is 12.6 Å². The van der Waals surface area contributed by atoms with Crippen LogP contribution in [0.4, 0.5) is 4.79 Å². The van der Waals surface area contributed by atoms with Crippen LogP contribution >= 0.6 is 0 Å². The lowest BCUT2D eigenvalue weighted by atomic mass is 10.2. The molecule has 0 fully saturated rings. The van der Waals surface area contributed by atoms with Crippen molar-refractivity contribution in [1.82, 2.24) is 9.99 Å². The second-order valence-electron chi connectivity index (χ2n) is 4.51. The highest BCUT2D eigenvalue weighted by Crippen LogP contribution is 2.01. The number of aromatic nitrogens is 1. The second kappa shape index (κ2) is 7.84. The highest BCUT2D eigenvalue weighted by molar-refractivity contribution is 5.91. The zero-order valence-electron chi connectivity index (χ0n) is 11.8. The first-order chi connectivity index (χ1) is 10.7.